The summed E-state index contributed by atoms with van der Waals surface area (Å²) in [4.78, 5) is 41.6. The third-order valence-corrected chi connectivity index (χ3v) is 7.23. The predicted octanol–water partition coefficient (Wildman–Crippen LogP) is 5.65. The molecule has 2 rings (SSSR count). The van der Waals surface area contributed by atoms with E-state index in [1.165, 1.54) is 22.9 Å². The summed E-state index contributed by atoms with van der Waals surface area (Å²) in [5, 5.41) is 15.8. The van der Waals surface area contributed by atoms with Gasteiger partial charge in [-0.3, -0.25) is 14.6 Å². The molecule has 1 aromatic rings. The van der Waals surface area contributed by atoms with E-state index in [-0.39, 0.29) is 56.4 Å². The van der Waals surface area contributed by atoms with Crippen LogP contribution in [0.15, 0.2) is 91.1 Å². The molecule has 10 heteroatoms. The van der Waals surface area contributed by atoms with Crippen LogP contribution in [0.25, 0.3) is 0 Å². The first-order chi connectivity index (χ1) is 21.4. The summed E-state index contributed by atoms with van der Waals surface area (Å²) in [6.45, 7) is 14.5. The molecule has 1 aliphatic heterocycles. The number of aliphatic hydroxyl groups excluding tert-OH is 1. The number of likely N-dealkylation sites (tertiary alicyclic amines) is 1. The molecule has 1 heterocycles. The second-order valence-electron chi connectivity index (χ2n) is 11.0. The van der Waals surface area contributed by atoms with Crippen molar-refractivity contribution in [2.75, 3.05) is 26.2 Å². The first-order valence-corrected chi connectivity index (χ1v) is 15.0. The summed E-state index contributed by atoms with van der Waals surface area (Å²) in [7, 11) is 0. The first kappa shape index (κ1) is 37.0. The Bertz CT molecular complexity index is 1330. The van der Waals surface area contributed by atoms with Crippen LogP contribution in [0.4, 0.5) is 13.6 Å². The Labute approximate surface area is 265 Å². The Hall–Kier alpha value is -4.15. The highest BCUT2D eigenvalue weighted by molar-refractivity contribution is 5.82. The van der Waals surface area contributed by atoms with Gasteiger partial charge in [-0.15, -0.1) is 6.58 Å². The monoisotopic (exact) mass is 624 g/mol. The molecular weight excluding hydrogens is 578 g/mol. The van der Waals surface area contributed by atoms with Crippen LogP contribution in [0, 0.1) is 17.6 Å². The van der Waals surface area contributed by atoms with E-state index in [9.17, 15) is 28.3 Å². The van der Waals surface area contributed by atoms with Crippen molar-refractivity contribution >= 4 is 17.7 Å². The number of ketones is 1. The number of urea groups is 1. The zero-order valence-corrected chi connectivity index (χ0v) is 26.7. The lowest BCUT2D eigenvalue weighted by Gasteiger charge is -2.46. The van der Waals surface area contributed by atoms with Crippen LogP contribution in [0.2, 0.25) is 0 Å². The third kappa shape index (κ3) is 11.7. The van der Waals surface area contributed by atoms with Gasteiger partial charge in [0.05, 0.1) is 18.7 Å². The summed E-state index contributed by atoms with van der Waals surface area (Å²) < 4.78 is 28.4. The molecule has 244 valence electrons. The van der Waals surface area contributed by atoms with Gasteiger partial charge in [-0.05, 0) is 52.2 Å². The van der Waals surface area contributed by atoms with Crippen LogP contribution in [-0.4, -0.2) is 76.1 Å². The topological polar surface area (TPSA) is 93.2 Å². The Morgan fingerprint density at radius 3 is 2.51 bits per heavy atom. The quantitative estimate of drug-likeness (QED) is 0.141. The van der Waals surface area contributed by atoms with E-state index < -0.39 is 35.7 Å². The van der Waals surface area contributed by atoms with Gasteiger partial charge in [-0.1, -0.05) is 66.8 Å². The van der Waals surface area contributed by atoms with Gasteiger partial charge in [0.2, 0.25) is 5.91 Å². The van der Waals surface area contributed by atoms with Crippen LogP contribution < -0.4 is 5.32 Å². The molecule has 1 aliphatic rings. The summed E-state index contributed by atoms with van der Waals surface area (Å²) in [5.41, 5.74) is 1.74. The number of hydrogen-bond donors (Lipinski definition) is 2. The molecule has 0 spiro atoms. The minimum Gasteiger partial charge on any atom is -0.389 e. The largest absolute Gasteiger partial charge is 0.389 e. The Morgan fingerprint density at radius 2 is 1.93 bits per heavy atom. The van der Waals surface area contributed by atoms with Crippen LogP contribution in [0.3, 0.4) is 0 Å². The molecule has 1 fully saturated rings. The fourth-order valence-corrected chi connectivity index (χ4v) is 5.24. The first-order valence-electron chi connectivity index (χ1n) is 15.0. The number of amides is 3. The van der Waals surface area contributed by atoms with E-state index in [0.717, 1.165) is 23.3 Å². The second-order valence-corrected chi connectivity index (χ2v) is 11.0. The molecule has 0 aliphatic carbocycles. The molecule has 0 aromatic heterocycles. The molecule has 2 N–H and O–H groups in total. The smallest absolute Gasteiger partial charge is 0.332 e. The van der Waals surface area contributed by atoms with Crippen molar-refractivity contribution in [3.8, 4) is 0 Å². The van der Waals surface area contributed by atoms with Gasteiger partial charge in [0.15, 0.2) is 0 Å². The number of hydrazine groups is 1. The highest BCUT2D eigenvalue weighted by atomic mass is 19.1. The normalized spacial score (nSPS) is 18.5. The molecule has 1 aromatic carbocycles. The molecule has 3 amide bonds. The molecule has 8 nitrogen and oxygen atoms in total. The van der Waals surface area contributed by atoms with E-state index in [2.05, 4.69) is 18.5 Å². The number of carbonyl (C=O) groups is 3. The summed E-state index contributed by atoms with van der Waals surface area (Å²) >= 11 is 0. The number of nitrogens with zero attached hydrogens (tertiary/aromatic N) is 3. The maximum absolute atomic E-state index is 14.8. The zero-order chi connectivity index (χ0) is 33.5. The summed E-state index contributed by atoms with van der Waals surface area (Å²) in [5.74, 6) is -2.54. The Kier molecular flexibility index (Phi) is 15.3. The number of halogens is 2. The van der Waals surface area contributed by atoms with Crippen molar-refractivity contribution in [3.63, 3.8) is 0 Å². The van der Waals surface area contributed by atoms with Gasteiger partial charge >= 0.3 is 6.03 Å². The minimum absolute atomic E-state index is 0.0457. The molecule has 1 saturated heterocycles. The standard InChI is InChI=1S/C35H46F2N4O4/c1-7-11-28(12-8-2)21-38-35(45)41(40(17-9-3)22-26(6)43)32-19-30(18-27(10-4)14-13-25(5)42)34(44)39(24-32)23-29-15-16-31(36)20-33(29)37/h7-16,20,25,30,32,42H,1,3,17-19,21-24H2,2,4-6H3,(H,38,45)/b12-8-,14-13-,27-10+,28-11+/t25?,30-,32?/m1/s1. The van der Waals surface area contributed by atoms with Crippen LogP contribution in [0.5, 0.6) is 0 Å². The number of Topliss-reactive ketones (excluding diaryl/α,β-unsaturated/α-hetero) is 1. The lowest BCUT2D eigenvalue weighted by atomic mass is 9.86. The Balaban J connectivity index is 2.58. The fraction of sp³-hybridized carbons (Fsp3) is 0.400. The van der Waals surface area contributed by atoms with Gasteiger partial charge in [-0.2, -0.15) is 0 Å². The number of nitrogens with one attached hydrogen (secondary N) is 1. The van der Waals surface area contributed by atoms with Crippen molar-refractivity contribution in [2.45, 2.75) is 59.2 Å². The van der Waals surface area contributed by atoms with E-state index in [1.54, 1.807) is 42.3 Å². The third-order valence-electron chi connectivity index (χ3n) is 7.23. The minimum atomic E-state index is -0.777. The lowest BCUT2D eigenvalue weighted by Crippen LogP contribution is -2.62. The molecule has 0 radical (unpaired) electrons. The van der Waals surface area contributed by atoms with Crippen molar-refractivity contribution in [2.24, 2.45) is 5.92 Å². The van der Waals surface area contributed by atoms with E-state index in [0.29, 0.717) is 6.42 Å². The number of carbonyl (C=O) groups excluding carboxylic acids is 3. The van der Waals surface area contributed by atoms with Crippen molar-refractivity contribution < 1.29 is 28.3 Å². The lowest BCUT2D eigenvalue weighted by molar-refractivity contribution is -0.145. The van der Waals surface area contributed by atoms with Crippen LogP contribution >= 0.6 is 0 Å². The fourth-order valence-electron chi connectivity index (χ4n) is 5.24. The number of rotatable bonds is 16. The van der Waals surface area contributed by atoms with Crippen molar-refractivity contribution in [1.82, 2.24) is 20.2 Å². The maximum Gasteiger partial charge on any atom is 0.332 e. The molecule has 2 unspecified atom stereocenters. The average Bonchev–Trinajstić information content (AvgIpc) is 2.97. The Morgan fingerprint density at radius 1 is 1.20 bits per heavy atom. The molecule has 3 atom stereocenters. The molecule has 0 bridgehead atoms. The van der Waals surface area contributed by atoms with Gasteiger partial charge in [0, 0.05) is 43.7 Å². The molecule has 45 heavy (non-hydrogen) atoms. The van der Waals surface area contributed by atoms with Crippen LogP contribution in [-0.2, 0) is 16.1 Å². The number of allylic oxidation sites excluding steroid dienone is 6. The van der Waals surface area contributed by atoms with Gasteiger partial charge in [-0.25, -0.2) is 18.6 Å². The average molecular weight is 625 g/mol. The van der Waals surface area contributed by atoms with Gasteiger partial charge < -0.3 is 15.3 Å². The highest BCUT2D eigenvalue weighted by Gasteiger charge is 2.41. The predicted molar refractivity (Wildman–Crippen MR) is 174 cm³/mol. The van der Waals surface area contributed by atoms with E-state index in [1.807, 2.05) is 32.1 Å². The zero-order valence-electron chi connectivity index (χ0n) is 26.7. The second kappa shape index (κ2) is 18.6. The van der Waals surface area contributed by atoms with E-state index >= 15 is 0 Å². The van der Waals surface area contributed by atoms with Crippen molar-refractivity contribution in [1.29, 1.82) is 0 Å². The van der Waals surface area contributed by atoms with Crippen molar-refractivity contribution in [3.05, 3.63) is 108 Å². The summed E-state index contributed by atoms with van der Waals surface area (Å²) in [6, 6.07) is 2.12. The number of benzene rings is 1. The molecule has 0 saturated carbocycles. The highest BCUT2D eigenvalue weighted by Crippen LogP contribution is 2.30. The van der Waals surface area contributed by atoms with Gasteiger partial charge in [0.1, 0.15) is 17.4 Å². The number of hydrogen-bond acceptors (Lipinski definition) is 5. The van der Waals surface area contributed by atoms with Gasteiger partial charge in [0.25, 0.3) is 0 Å². The maximum atomic E-state index is 14.8. The van der Waals surface area contributed by atoms with E-state index in [4.69, 9.17) is 0 Å². The number of piperidine rings is 1. The van der Waals surface area contributed by atoms with Crippen LogP contribution in [0.1, 0.15) is 46.1 Å². The SMILES string of the molecule is C=C/C=C(\C=C/C)CNC(=O)N(C1C[C@@H](CC(/C=C\C(C)O)=C/C)C(=O)N(Cc2ccc(F)cc2F)C1)N(CC=C)CC(C)=O. The number of aliphatic hydroxyl groups is 1. The summed E-state index contributed by atoms with van der Waals surface area (Å²) in [6.07, 6.45) is 13.7. The molecular formula is C35H46F2N4O4.